The third-order valence-electron chi connectivity index (χ3n) is 5.61. The number of hydrogen-bond donors (Lipinski definition) is 0. The fourth-order valence-electron chi connectivity index (χ4n) is 4.20. The molecular formula is C23H24N2O4. The maximum atomic E-state index is 12.8. The van der Waals surface area contributed by atoms with Crippen LogP contribution in [-0.4, -0.2) is 41.8 Å². The van der Waals surface area contributed by atoms with Crippen LogP contribution < -0.4 is 9.64 Å². The number of aryl methyl sites for hydroxylation is 1. The molecule has 0 spiro atoms. The van der Waals surface area contributed by atoms with Crippen LogP contribution in [0.5, 0.6) is 5.75 Å². The van der Waals surface area contributed by atoms with Crippen molar-refractivity contribution in [1.29, 1.82) is 0 Å². The number of carbonyl (C=O) groups is 3. The molecule has 2 aliphatic rings. The lowest BCUT2D eigenvalue weighted by atomic mass is 9.95. The number of ether oxygens (including phenoxy) is 1. The highest BCUT2D eigenvalue weighted by Gasteiger charge is 2.33. The van der Waals surface area contributed by atoms with Crippen molar-refractivity contribution >= 4 is 23.5 Å². The van der Waals surface area contributed by atoms with E-state index in [4.69, 9.17) is 4.74 Å². The summed E-state index contributed by atoms with van der Waals surface area (Å²) in [4.78, 5) is 40.2. The van der Waals surface area contributed by atoms with Crippen LogP contribution in [-0.2, 0) is 16.0 Å². The van der Waals surface area contributed by atoms with Gasteiger partial charge in [0.2, 0.25) is 5.91 Å². The average molecular weight is 392 g/mol. The van der Waals surface area contributed by atoms with E-state index >= 15 is 0 Å². The molecule has 4 rings (SSSR count). The van der Waals surface area contributed by atoms with Crippen LogP contribution in [0.4, 0.5) is 5.69 Å². The maximum absolute atomic E-state index is 12.8. The molecule has 1 fully saturated rings. The Morgan fingerprint density at radius 3 is 2.34 bits per heavy atom. The molecule has 0 aliphatic carbocycles. The zero-order valence-corrected chi connectivity index (χ0v) is 16.5. The third-order valence-corrected chi connectivity index (χ3v) is 5.61. The lowest BCUT2D eigenvalue weighted by Crippen LogP contribution is -2.50. The standard InChI is InChI=1S/C23H24N2O4/c1-16(26)29-20-9-6-18(7-10-20)23(28)24-14-12-19(13-15-24)25-21-5-3-2-4-17(21)8-11-22(25)27/h2-7,9-10,19H,8,11-15H2,1H3. The van der Waals surface area contributed by atoms with E-state index in [0.29, 0.717) is 30.8 Å². The molecule has 0 aromatic heterocycles. The van der Waals surface area contributed by atoms with Crippen molar-refractivity contribution in [3.05, 3.63) is 59.7 Å². The predicted octanol–water partition coefficient (Wildman–Crippen LogP) is 3.20. The number of para-hydroxylation sites is 1. The van der Waals surface area contributed by atoms with Gasteiger partial charge in [0.05, 0.1) is 0 Å². The summed E-state index contributed by atoms with van der Waals surface area (Å²) in [5, 5.41) is 0. The summed E-state index contributed by atoms with van der Waals surface area (Å²) in [6.45, 7) is 2.57. The Morgan fingerprint density at radius 2 is 1.66 bits per heavy atom. The molecule has 0 atom stereocenters. The zero-order valence-electron chi connectivity index (χ0n) is 16.5. The molecule has 2 aromatic carbocycles. The van der Waals surface area contributed by atoms with Crippen LogP contribution in [0.3, 0.4) is 0 Å². The monoisotopic (exact) mass is 392 g/mol. The number of esters is 1. The van der Waals surface area contributed by atoms with Crippen LogP contribution in [0, 0.1) is 0 Å². The second-order valence-electron chi connectivity index (χ2n) is 7.53. The number of piperidine rings is 1. The van der Waals surface area contributed by atoms with Crippen LogP contribution in [0.1, 0.15) is 42.1 Å². The van der Waals surface area contributed by atoms with Gasteiger partial charge in [0.1, 0.15) is 5.75 Å². The van der Waals surface area contributed by atoms with Gasteiger partial charge < -0.3 is 14.5 Å². The Morgan fingerprint density at radius 1 is 0.966 bits per heavy atom. The number of benzene rings is 2. The quantitative estimate of drug-likeness (QED) is 0.594. The Kier molecular flexibility index (Phi) is 5.34. The van der Waals surface area contributed by atoms with Gasteiger partial charge in [0.25, 0.3) is 5.91 Å². The molecule has 2 aromatic rings. The number of rotatable bonds is 3. The zero-order chi connectivity index (χ0) is 20.4. The third kappa shape index (κ3) is 4.01. The molecule has 0 saturated carbocycles. The number of anilines is 1. The number of amides is 2. The molecular weight excluding hydrogens is 368 g/mol. The number of hydrogen-bond acceptors (Lipinski definition) is 4. The van der Waals surface area contributed by atoms with Gasteiger partial charge in [-0.1, -0.05) is 18.2 Å². The maximum Gasteiger partial charge on any atom is 0.308 e. The van der Waals surface area contributed by atoms with Crippen molar-refractivity contribution in [3.63, 3.8) is 0 Å². The van der Waals surface area contributed by atoms with Gasteiger partial charge in [-0.2, -0.15) is 0 Å². The van der Waals surface area contributed by atoms with Crippen molar-refractivity contribution in [2.75, 3.05) is 18.0 Å². The molecule has 0 unspecified atom stereocenters. The fourth-order valence-corrected chi connectivity index (χ4v) is 4.20. The van der Waals surface area contributed by atoms with Gasteiger partial charge in [0, 0.05) is 43.7 Å². The summed E-state index contributed by atoms with van der Waals surface area (Å²) in [5.41, 5.74) is 2.81. The first-order valence-corrected chi connectivity index (χ1v) is 10.0. The minimum Gasteiger partial charge on any atom is -0.427 e. The molecule has 6 nitrogen and oxygen atoms in total. The van der Waals surface area contributed by atoms with E-state index in [1.165, 1.54) is 12.5 Å². The SMILES string of the molecule is CC(=O)Oc1ccc(C(=O)N2CCC(N3C(=O)CCc4ccccc43)CC2)cc1. The van der Waals surface area contributed by atoms with E-state index < -0.39 is 0 Å². The Bertz CT molecular complexity index is 930. The van der Waals surface area contributed by atoms with Gasteiger partial charge in [-0.05, 0) is 55.2 Å². The summed E-state index contributed by atoms with van der Waals surface area (Å²) in [5.74, 6) is 0.174. The predicted molar refractivity (Wildman–Crippen MR) is 109 cm³/mol. The largest absolute Gasteiger partial charge is 0.427 e. The van der Waals surface area contributed by atoms with Crippen LogP contribution >= 0.6 is 0 Å². The van der Waals surface area contributed by atoms with Gasteiger partial charge in [0.15, 0.2) is 0 Å². The Hall–Kier alpha value is -3.15. The highest BCUT2D eigenvalue weighted by Crippen LogP contribution is 2.32. The van der Waals surface area contributed by atoms with Gasteiger partial charge in [-0.3, -0.25) is 14.4 Å². The Labute approximate surface area is 170 Å². The summed E-state index contributed by atoms with van der Waals surface area (Å²) in [6, 6.07) is 14.8. The van der Waals surface area contributed by atoms with Crippen LogP contribution in [0.15, 0.2) is 48.5 Å². The molecule has 2 heterocycles. The smallest absolute Gasteiger partial charge is 0.308 e. The van der Waals surface area contributed by atoms with Crippen molar-refractivity contribution in [3.8, 4) is 5.75 Å². The second kappa shape index (κ2) is 8.07. The summed E-state index contributed by atoms with van der Waals surface area (Å²) in [6.07, 6.45) is 2.87. The van der Waals surface area contributed by atoms with E-state index in [2.05, 4.69) is 6.07 Å². The lowest BCUT2D eigenvalue weighted by Gasteiger charge is -2.41. The van der Waals surface area contributed by atoms with Crippen LogP contribution in [0.2, 0.25) is 0 Å². The summed E-state index contributed by atoms with van der Waals surface area (Å²) in [7, 11) is 0. The molecule has 0 radical (unpaired) electrons. The number of fused-ring (bicyclic) bond motifs is 1. The highest BCUT2D eigenvalue weighted by atomic mass is 16.5. The van der Waals surface area contributed by atoms with Crippen LogP contribution in [0.25, 0.3) is 0 Å². The molecule has 6 heteroatoms. The number of likely N-dealkylation sites (tertiary alicyclic amines) is 1. The minimum atomic E-state index is -0.389. The highest BCUT2D eigenvalue weighted by molar-refractivity contribution is 5.97. The first-order valence-electron chi connectivity index (χ1n) is 10.0. The first kappa shape index (κ1) is 19.2. The fraction of sp³-hybridized carbons (Fsp3) is 0.348. The van der Waals surface area contributed by atoms with E-state index in [9.17, 15) is 14.4 Å². The second-order valence-corrected chi connectivity index (χ2v) is 7.53. The van der Waals surface area contributed by atoms with E-state index in [1.54, 1.807) is 24.3 Å². The van der Waals surface area contributed by atoms with E-state index in [-0.39, 0.29) is 23.8 Å². The van der Waals surface area contributed by atoms with E-state index in [1.807, 2.05) is 28.0 Å². The lowest BCUT2D eigenvalue weighted by molar-refractivity contribution is -0.131. The molecule has 150 valence electrons. The molecule has 2 aliphatic heterocycles. The van der Waals surface area contributed by atoms with Crippen molar-refractivity contribution in [1.82, 2.24) is 4.90 Å². The summed E-state index contributed by atoms with van der Waals surface area (Å²) < 4.78 is 5.01. The van der Waals surface area contributed by atoms with Gasteiger partial charge in [-0.15, -0.1) is 0 Å². The average Bonchev–Trinajstić information content (AvgIpc) is 2.73. The van der Waals surface area contributed by atoms with Gasteiger partial charge >= 0.3 is 5.97 Å². The first-order chi connectivity index (χ1) is 14.0. The summed E-state index contributed by atoms with van der Waals surface area (Å²) >= 11 is 0. The molecule has 2 amide bonds. The number of nitrogens with zero attached hydrogens (tertiary/aromatic N) is 2. The van der Waals surface area contributed by atoms with Crippen molar-refractivity contribution in [2.45, 2.75) is 38.6 Å². The van der Waals surface area contributed by atoms with E-state index in [0.717, 1.165) is 24.9 Å². The Balaban J connectivity index is 1.41. The van der Waals surface area contributed by atoms with Crippen molar-refractivity contribution in [2.24, 2.45) is 0 Å². The minimum absolute atomic E-state index is 0.0387. The molecule has 0 bridgehead atoms. The number of carbonyl (C=O) groups excluding carboxylic acids is 3. The molecule has 29 heavy (non-hydrogen) atoms. The van der Waals surface area contributed by atoms with Gasteiger partial charge in [-0.25, -0.2) is 0 Å². The molecule has 0 N–H and O–H groups in total. The topological polar surface area (TPSA) is 66.9 Å². The van der Waals surface area contributed by atoms with Crippen molar-refractivity contribution < 1.29 is 19.1 Å². The molecule has 1 saturated heterocycles. The normalized spacial score (nSPS) is 17.1.